The first-order valence-corrected chi connectivity index (χ1v) is 9.48. The van der Waals surface area contributed by atoms with Gasteiger partial charge in [0.15, 0.2) is 0 Å². The van der Waals surface area contributed by atoms with Crippen LogP contribution in [0.25, 0.3) is 0 Å². The molecule has 0 fully saturated rings. The average Bonchev–Trinajstić information content (AvgIpc) is 3.05. The maximum absolute atomic E-state index is 4.36. The Labute approximate surface area is 145 Å². The van der Waals surface area contributed by atoms with E-state index in [-0.39, 0.29) is 0 Å². The van der Waals surface area contributed by atoms with Crippen LogP contribution >= 0.6 is 0 Å². The number of unbranched alkanes of at least 4 members (excludes halogenated alkanes) is 9. The van der Waals surface area contributed by atoms with Crippen molar-refractivity contribution in [2.75, 3.05) is 5.32 Å². The van der Waals surface area contributed by atoms with Gasteiger partial charge in [-0.2, -0.15) is 4.80 Å². The maximum Gasteiger partial charge on any atom is 0.267 e. The van der Waals surface area contributed by atoms with Gasteiger partial charge in [-0.1, -0.05) is 88.0 Å². The van der Waals surface area contributed by atoms with Gasteiger partial charge in [0.05, 0.1) is 6.54 Å². The summed E-state index contributed by atoms with van der Waals surface area (Å²) in [6, 6.07) is 9.93. The number of nitrogens with one attached hydrogen (secondary N) is 1. The smallest absolute Gasteiger partial charge is 0.267 e. The average molecular weight is 329 g/mol. The molecule has 0 aliphatic carbocycles. The molecule has 0 amide bonds. The van der Waals surface area contributed by atoms with Gasteiger partial charge in [0.2, 0.25) is 0 Å². The van der Waals surface area contributed by atoms with Crippen molar-refractivity contribution in [2.24, 2.45) is 0 Å². The van der Waals surface area contributed by atoms with Crippen LogP contribution in [-0.2, 0) is 6.54 Å². The molecule has 0 radical (unpaired) electrons. The lowest BCUT2D eigenvalue weighted by Crippen LogP contribution is -2.03. The largest absolute Gasteiger partial charge is 0.322 e. The summed E-state index contributed by atoms with van der Waals surface area (Å²) in [5, 5.41) is 15.7. The van der Waals surface area contributed by atoms with E-state index in [1.165, 1.54) is 57.8 Å². The van der Waals surface area contributed by atoms with E-state index >= 15 is 0 Å². The van der Waals surface area contributed by atoms with Crippen molar-refractivity contribution in [3.8, 4) is 0 Å². The van der Waals surface area contributed by atoms with E-state index in [0.717, 1.165) is 18.7 Å². The predicted molar refractivity (Wildman–Crippen MR) is 99.4 cm³/mol. The van der Waals surface area contributed by atoms with Crippen LogP contribution in [0.5, 0.6) is 0 Å². The van der Waals surface area contributed by atoms with E-state index in [2.05, 4.69) is 27.7 Å². The summed E-state index contributed by atoms with van der Waals surface area (Å²) in [5.74, 6) is 0.563. The molecule has 2 aromatic rings. The number of hydrogen-bond donors (Lipinski definition) is 1. The number of para-hydroxylation sites is 1. The fraction of sp³-hybridized carbons (Fsp3) is 0.632. The fourth-order valence-electron chi connectivity index (χ4n) is 2.78. The standard InChI is InChI=1S/C19H31N5/c1-2-3-4-5-6-7-8-9-10-14-17-24-22-19(21-23-24)20-18-15-12-11-13-16-18/h11-13,15-16H,2-10,14,17H2,1H3,(H,20,22). The number of hydrogen-bond acceptors (Lipinski definition) is 4. The van der Waals surface area contributed by atoms with E-state index in [9.17, 15) is 0 Å². The van der Waals surface area contributed by atoms with Crippen LogP contribution in [-0.4, -0.2) is 20.2 Å². The molecule has 1 N–H and O–H groups in total. The molecule has 0 atom stereocenters. The molecular formula is C19H31N5. The van der Waals surface area contributed by atoms with Gasteiger partial charge in [0, 0.05) is 5.69 Å². The molecular weight excluding hydrogens is 298 g/mol. The summed E-state index contributed by atoms with van der Waals surface area (Å²) in [6.45, 7) is 3.12. The third kappa shape index (κ3) is 7.57. The zero-order valence-corrected chi connectivity index (χ0v) is 15.0. The Kier molecular flexibility index (Phi) is 8.91. The van der Waals surface area contributed by atoms with E-state index in [1.54, 1.807) is 4.80 Å². The summed E-state index contributed by atoms with van der Waals surface area (Å²) in [4.78, 5) is 1.69. The minimum absolute atomic E-state index is 0.563. The van der Waals surface area contributed by atoms with Crippen molar-refractivity contribution >= 4 is 11.6 Å². The molecule has 0 saturated heterocycles. The van der Waals surface area contributed by atoms with Gasteiger partial charge < -0.3 is 5.32 Å². The first kappa shape index (κ1) is 18.4. The van der Waals surface area contributed by atoms with Gasteiger partial charge in [-0.25, -0.2) is 0 Å². The molecule has 0 saturated carbocycles. The highest BCUT2D eigenvalue weighted by Crippen LogP contribution is 2.12. The second-order valence-electron chi connectivity index (χ2n) is 6.38. The topological polar surface area (TPSA) is 55.6 Å². The molecule has 5 heteroatoms. The molecule has 1 heterocycles. The fourth-order valence-corrected chi connectivity index (χ4v) is 2.78. The van der Waals surface area contributed by atoms with Gasteiger partial charge >= 0.3 is 0 Å². The molecule has 1 aromatic heterocycles. The van der Waals surface area contributed by atoms with Crippen LogP contribution in [0.4, 0.5) is 11.6 Å². The summed E-state index contributed by atoms with van der Waals surface area (Å²) >= 11 is 0. The van der Waals surface area contributed by atoms with Gasteiger partial charge in [-0.3, -0.25) is 0 Å². The zero-order valence-electron chi connectivity index (χ0n) is 15.0. The SMILES string of the molecule is CCCCCCCCCCCCn1nnc(Nc2ccccc2)n1. The molecule has 132 valence electrons. The molecule has 0 bridgehead atoms. The van der Waals surface area contributed by atoms with Gasteiger partial charge in [0.1, 0.15) is 0 Å². The number of anilines is 2. The molecule has 24 heavy (non-hydrogen) atoms. The Balaban J connectivity index is 1.51. The first-order valence-electron chi connectivity index (χ1n) is 9.48. The Morgan fingerprint density at radius 2 is 1.46 bits per heavy atom. The van der Waals surface area contributed by atoms with E-state index in [1.807, 2.05) is 30.3 Å². The minimum Gasteiger partial charge on any atom is -0.322 e. The lowest BCUT2D eigenvalue weighted by Gasteiger charge is -2.02. The summed E-state index contributed by atoms with van der Waals surface area (Å²) in [5.41, 5.74) is 0.982. The first-order chi connectivity index (χ1) is 11.9. The number of tetrazole rings is 1. The lowest BCUT2D eigenvalue weighted by atomic mass is 10.1. The third-order valence-corrected chi connectivity index (χ3v) is 4.19. The molecule has 0 aliphatic rings. The molecule has 5 nitrogen and oxygen atoms in total. The van der Waals surface area contributed by atoms with Crippen molar-refractivity contribution in [1.82, 2.24) is 20.2 Å². The van der Waals surface area contributed by atoms with Crippen molar-refractivity contribution in [3.63, 3.8) is 0 Å². The molecule has 0 unspecified atom stereocenters. The van der Waals surface area contributed by atoms with Crippen LogP contribution in [0.15, 0.2) is 30.3 Å². The number of benzene rings is 1. The van der Waals surface area contributed by atoms with Crippen LogP contribution in [0.3, 0.4) is 0 Å². The molecule has 2 rings (SSSR count). The molecule has 1 aromatic carbocycles. The Hall–Kier alpha value is -1.91. The van der Waals surface area contributed by atoms with E-state index < -0.39 is 0 Å². The highest BCUT2D eigenvalue weighted by Gasteiger charge is 2.02. The Morgan fingerprint density at radius 3 is 2.12 bits per heavy atom. The Morgan fingerprint density at radius 1 is 0.833 bits per heavy atom. The highest BCUT2D eigenvalue weighted by molar-refractivity contribution is 5.51. The summed E-state index contributed by atoms with van der Waals surface area (Å²) < 4.78 is 0. The van der Waals surface area contributed by atoms with Crippen molar-refractivity contribution < 1.29 is 0 Å². The third-order valence-electron chi connectivity index (χ3n) is 4.19. The number of aromatic nitrogens is 4. The monoisotopic (exact) mass is 329 g/mol. The van der Waals surface area contributed by atoms with Crippen LogP contribution < -0.4 is 5.32 Å². The second-order valence-corrected chi connectivity index (χ2v) is 6.38. The number of nitrogens with zero attached hydrogens (tertiary/aromatic N) is 4. The van der Waals surface area contributed by atoms with E-state index in [0.29, 0.717) is 5.95 Å². The lowest BCUT2D eigenvalue weighted by molar-refractivity contribution is 0.471. The minimum atomic E-state index is 0.563. The van der Waals surface area contributed by atoms with Gasteiger partial charge in [-0.05, 0) is 23.8 Å². The maximum atomic E-state index is 4.36. The van der Waals surface area contributed by atoms with Crippen LogP contribution in [0, 0.1) is 0 Å². The van der Waals surface area contributed by atoms with Crippen molar-refractivity contribution in [1.29, 1.82) is 0 Å². The summed E-state index contributed by atoms with van der Waals surface area (Å²) in [7, 11) is 0. The summed E-state index contributed by atoms with van der Waals surface area (Å²) in [6.07, 6.45) is 13.4. The van der Waals surface area contributed by atoms with Crippen LogP contribution in [0.2, 0.25) is 0 Å². The highest BCUT2D eigenvalue weighted by atomic mass is 15.6. The van der Waals surface area contributed by atoms with Crippen molar-refractivity contribution in [3.05, 3.63) is 30.3 Å². The number of aryl methyl sites for hydroxylation is 1. The van der Waals surface area contributed by atoms with Crippen molar-refractivity contribution in [2.45, 2.75) is 77.7 Å². The van der Waals surface area contributed by atoms with Crippen LogP contribution in [0.1, 0.15) is 71.1 Å². The van der Waals surface area contributed by atoms with Gasteiger partial charge in [-0.15, -0.1) is 5.10 Å². The molecule has 0 aliphatic heterocycles. The zero-order chi connectivity index (χ0) is 16.9. The van der Waals surface area contributed by atoms with E-state index in [4.69, 9.17) is 0 Å². The number of rotatable bonds is 13. The second kappa shape index (κ2) is 11.6. The Bertz CT molecular complexity index is 538. The molecule has 0 spiro atoms. The normalized spacial score (nSPS) is 10.9. The van der Waals surface area contributed by atoms with Gasteiger partial charge in [0.25, 0.3) is 5.95 Å². The quantitative estimate of drug-likeness (QED) is 0.504. The predicted octanol–water partition coefficient (Wildman–Crippen LogP) is 5.34.